The minimum absolute atomic E-state index is 0.302. The van der Waals surface area contributed by atoms with Crippen LogP contribution in [0.25, 0.3) is 0 Å². The molecule has 6 heteroatoms. The summed E-state index contributed by atoms with van der Waals surface area (Å²) in [5.41, 5.74) is 7.13. The first-order valence-electron chi connectivity index (χ1n) is 6.27. The minimum atomic E-state index is 0.302. The summed E-state index contributed by atoms with van der Waals surface area (Å²) in [6.07, 6.45) is 2.45. The molecular weight excluding hydrogens is 312 g/mol. The Morgan fingerprint density at radius 2 is 2.17 bits per heavy atom. The van der Waals surface area contributed by atoms with Crippen LogP contribution in [0.2, 0.25) is 0 Å². The molecule has 0 bridgehead atoms. The van der Waals surface area contributed by atoms with Gasteiger partial charge in [-0.3, -0.25) is 4.90 Å². The van der Waals surface area contributed by atoms with Crippen molar-refractivity contribution >= 4 is 33.5 Å². The molecule has 2 fully saturated rings. The van der Waals surface area contributed by atoms with Crippen LogP contribution < -0.4 is 5.73 Å². The van der Waals surface area contributed by atoms with Gasteiger partial charge in [-0.05, 0) is 35.8 Å². The van der Waals surface area contributed by atoms with Crippen LogP contribution in [-0.4, -0.2) is 40.0 Å². The molecule has 1 aromatic rings. The molecule has 2 N–H and O–H groups in total. The molecule has 18 heavy (non-hydrogen) atoms. The van der Waals surface area contributed by atoms with Crippen LogP contribution in [-0.2, 0) is 0 Å². The van der Waals surface area contributed by atoms with Crippen molar-refractivity contribution in [2.24, 2.45) is 0 Å². The number of halogens is 1. The standard InChI is InChI=1S/C12H17BrN4S/c1-17-4-5-18-6-8(17)12-15-10(7-2-3-7)9(13)11(14)16-12/h7-8H,2-6H2,1H3,(H2,14,15,16). The van der Waals surface area contributed by atoms with E-state index in [0.29, 0.717) is 17.8 Å². The van der Waals surface area contributed by atoms with Gasteiger partial charge in [-0.25, -0.2) is 9.97 Å². The van der Waals surface area contributed by atoms with Gasteiger partial charge in [0.05, 0.1) is 16.2 Å². The summed E-state index contributed by atoms with van der Waals surface area (Å²) < 4.78 is 0.903. The molecule has 1 aliphatic carbocycles. The van der Waals surface area contributed by atoms with Crippen molar-refractivity contribution in [2.45, 2.75) is 24.8 Å². The van der Waals surface area contributed by atoms with E-state index in [0.717, 1.165) is 28.3 Å². The van der Waals surface area contributed by atoms with Gasteiger partial charge in [0, 0.05) is 24.0 Å². The molecule has 1 aromatic heterocycles. The Bertz CT molecular complexity index is 464. The second-order valence-electron chi connectivity index (χ2n) is 5.01. The minimum Gasteiger partial charge on any atom is -0.383 e. The summed E-state index contributed by atoms with van der Waals surface area (Å²) in [6.45, 7) is 1.09. The number of nitrogen functional groups attached to an aromatic ring is 1. The summed E-state index contributed by atoms with van der Waals surface area (Å²) in [5, 5.41) is 0. The first kappa shape index (κ1) is 12.7. The Labute approximate surface area is 120 Å². The van der Waals surface area contributed by atoms with Crippen molar-refractivity contribution in [2.75, 3.05) is 30.8 Å². The third-order valence-corrected chi connectivity index (χ3v) is 5.41. The lowest BCUT2D eigenvalue weighted by atomic mass is 10.2. The normalized spacial score (nSPS) is 25.3. The van der Waals surface area contributed by atoms with E-state index >= 15 is 0 Å². The van der Waals surface area contributed by atoms with E-state index in [1.54, 1.807) is 0 Å². The molecule has 98 valence electrons. The number of rotatable bonds is 2. The first-order valence-corrected chi connectivity index (χ1v) is 8.22. The van der Waals surface area contributed by atoms with Gasteiger partial charge in [0.25, 0.3) is 0 Å². The number of nitrogens with two attached hydrogens (primary N) is 1. The van der Waals surface area contributed by atoms with Crippen molar-refractivity contribution in [1.82, 2.24) is 14.9 Å². The van der Waals surface area contributed by atoms with E-state index in [-0.39, 0.29) is 0 Å². The molecule has 1 saturated carbocycles. The highest BCUT2D eigenvalue weighted by Crippen LogP contribution is 2.44. The molecular formula is C12H17BrN4S. The molecule has 1 aliphatic heterocycles. The Morgan fingerprint density at radius 3 is 2.83 bits per heavy atom. The number of thioether (sulfide) groups is 1. The maximum Gasteiger partial charge on any atom is 0.149 e. The number of nitrogens with zero attached hydrogens (tertiary/aromatic N) is 3. The molecule has 2 aliphatic rings. The highest BCUT2D eigenvalue weighted by molar-refractivity contribution is 9.10. The maximum absolute atomic E-state index is 6.02. The van der Waals surface area contributed by atoms with Crippen molar-refractivity contribution < 1.29 is 0 Å². The maximum atomic E-state index is 6.02. The predicted octanol–water partition coefficient (Wildman–Crippen LogP) is 2.42. The zero-order chi connectivity index (χ0) is 12.7. The third kappa shape index (κ3) is 2.38. The smallest absolute Gasteiger partial charge is 0.149 e. The summed E-state index contributed by atoms with van der Waals surface area (Å²) >= 11 is 5.49. The largest absolute Gasteiger partial charge is 0.383 e. The second kappa shape index (κ2) is 4.98. The van der Waals surface area contributed by atoms with Gasteiger partial charge in [-0.2, -0.15) is 11.8 Å². The van der Waals surface area contributed by atoms with Crippen LogP contribution in [0, 0.1) is 0 Å². The number of hydrogen-bond acceptors (Lipinski definition) is 5. The fourth-order valence-electron chi connectivity index (χ4n) is 2.24. The quantitative estimate of drug-likeness (QED) is 0.903. The van der Waals surface area contributed by atoms with Gasteiger partial charge in [0.15, 0.2) is 0 Å². The average molecular weight is 329 g/mol. The van der Waals surface area contributed by atoms with Crippen molar-refractivity contribution in [3.05, 3.63) is 16.0 Å². The van der Waals surface area contributed by atoms with Gasteiger partial charge in [0.1, 0.15) is 11.6 Å². The van der Waals surface area contributed by atoms with Crippen molar-refractivity contribution in [1.29, 1.82) is 0 Å². The number of anilines is 1. The summed E-state index contributed by atoms with van der Waals surface area (Å²) in [4.78, 5) is 11.6. The molecule has 2 heterocycles. The van der Waals surface area contributed by atoms with Gasteiger partial charge < -0.3 is 5.73 Å². The van der Waals surface area contributed by atoms with Crippen LogP contribution in [0.3, 0.4) is 0 Å². The Hall–Kier alpha value is -0.330. The Kier molecular flexibility index (Phi) is 3.51. The lowest BCUT2D eigenvalue weighted by Gasteiger charge is -2.31. The second-order valence-corrected chi connectivity index (χ2v) is 6.95. The number of hydrogen-bond donors (Lipinski definition) is 1. The summed E-state index contributed by atoms with van der Waals surface area (Å²) in [6, 6.07) is 0.302. The third-order valence-electron chi connectivity index (χ3n) is 3.58. The highest BCUT2D eigenvalue weighted by atomic mass is 79.9. The predicted molar refractivity (Wildman–Crippen MR) is 78.8 cm³/mol. The molecule has 1 atom stereocenters. The zero-order valence-electron chi connectivity index (χ0n) is 10.4. The fourth-order valence-corrected chi connectivity index (χ4v) is 3.95. The van der Waals surface area contributed by atoms with Crippen LogP contribution in [0.5, 0.6) is 0 Å². The zero-order valence-corrected chi connectivity index (χ0v) is 12.8. The van der Waals surface area contributed by atoms with E-state index in [1.807, 2.05) is 11.8 Å². The van der Waals surface area contributed by atoms with Crippen LogP contribution in [0.1, 0.15) is 36.3 Å². The summed E-state index contributed by atoms with van der Waals surface area (Å²) in [7, 11) is 2.14. The van der Waals surface area contributed by atoms with Crippen molar-refractivity contribution in [3.8, 4) is 0 Å². The lowest BCUT2D eigenvalue weighted by Crippen LogP contribution is -2.34. The van der Waals surface area contributed by atoms with Gasteiger partial charge in [-0.15, -0.1) is 0 Å². The van der Waals surface area contributed by atoms with Crippen LogP contribution in [0.15, 0.2) is 4.47 Å². The summed E-state index contributed by atoms with van der Waals surface area (Å²) in [5.74, 6) is 4.32. The monoisotopic (exact) mass is 328 g/mol. The molecule has 1 saturated heterocycles. The topological polar surface area (TPSA) is 55.0 Å². The van der Waals surface area contributed by atoms with Gasteiger partial charge >= 0.3 is 0 Å². The number of aromatic nitrogens is 2. The van der Waals surface area contributed by atoms with E-state index in [9.17, 15) is 0 Å². The SMILES string of the molecule is CN1CCSCC1c1nc(N)c(Br)c(C2CC2)n1. The van der Waals surface area contributed by atoms with E-state index in [4.69, 9.17) is 10.7 Å². The van der Waals surface area contributed by atoms with E-state index < -0.39 is 0 Å². The molecule has 0 spiro atoms. The molecule has 4 nitrogen and oxygen atoms in total. The fraction of sp³-hybridized carbons (Fsp3) is 0.667. The molecule has 0 amide bonds. The van der Waals surface area contributed by atoms with Gasteiger partial charge in [0.2, 0.25) is 0 Å². The molecule has 3 rings (SSSR count). The van der Waals surface area contributed by atoms with Crippen LogP contribution in [0.4, 0.5) is 5.82 Å². The Balaban J connectivity index is 1.96. The molecule has 0 aromatic carbocycles. The van der Waals surface area contributed by atoms with Crippen LogP contribution >= 0.6 is 27.7 Å². The van der Waals surface area contributed by atoms with Crippen molar-refractivity contribution in [3.63, 3.8) is 0 Å². The first-order chi connectivity index (χ1) is 8.66. The molecule has 1 unspecified atom stereocenters. The lowest BCUT2D eigenvalue weighted by molar-refractivity contribution is 0.264. The average Bonchev–Trinajstić information content (AvgIpc) is 3.17. The Morgan fingerprint density at radius 1 is 1.39 bits per heavy atom. The molecule has 0 radical (unpaired) electrons. The van der Waals surface area contributed by atoms with E-state index in [1.165, 1.54) is 18.6 Å². The van der Waals surface area contributed by atoms with Gasteiger partial charge in [-0.1, -0.05) is 0 Å². The highest BCUT2D eigenvalue weighted by Gasteiger charge is 2.31. The van der Waals surface area contributed by atoms with E-state index in [2.05, 4.69) is 32.9 Å².